The van der Waals surface area contributed by atoms with Crippen molar-refractivity contribution in [2.45, 2.75) is 44.1 Å². The second-order valence-corrected chi connectivity index (χ2v) is 7.03. The fourth-order valence-electron chi connectivity index (χ4n) is 4.19. The van der Waals surface area contributed by atoms with Gasteiger partial charge in [-0.05, 0) is 74.4 Å². The average molecular weight is 327 g/mol. The van der Waals surface area contributed by atoms with Crippen LogP contribution in [0, 0.1) is 0 Å². The minimum absolute atomic E-state index is 0.245. The number of benzene rings is 1. The fourth-order valence-corrected chi connectivity index (χ4v) is 4.19. The minimum Gasteiger partial charge on any atom is -0.380 e. The van der Waals surface area contributed by atoms with E-state index in [1.165, 1.54) is 43.4 Å². The molecule has 128 valence electrons. The highest BCUT2D eigenvalue weighted by Crippen LogP contribution is 2.37. The molecule has 24 heavy (non-hydrogen) atoms. The predicted octanol–water partition coefficient (Wildman–Crippen LogP) is 2.14. The van der Waals surface area contributed by atoms with Crippen LogP contribution in [-0.4, -0.2) is 52.9 Å². The molecule has 0 saturated carbocycles. The van der Waals surface area contributed by atoms with Gasteiger partial charge in [0, 0.05) is 13.7 Å². The number of likely N-dealkylation sites (tertiary alicyclic amines) is 1. The number of aromatic nitrogens is 3. The highest BCUT2D eigenvalue weighted by molar-refractivity contribution is 5.77. The van der Waals surface area contributed by atoms with Gasteiger partial charge in [-0.1, -0.05) is 0 Å². The number of rotatable bonds is 4. The highest BCUT2D eigenvalue weighted by atomic mass is 16.5. The molecule has 4 rings (SSSR count). The molecule has 0 spiro atoms. The molecule has 1 saturated heterocycles. The second kappa shape index (κ2) is 6.61. The Morgan fingerprint density at radius 2 is 2.17 bits per heavy atom. The number of aryl methyl sites for hydroxylation is 1. The van der Waals surface area contributed by atoms with Gasteiger partial charge in [0.2, 0.25) is 5.95 Å². The lowest BCUT2D eigenvalue weighted by atomic mass is 9.96. The van der Waals surface area contributed by atoms with E-state index in [4.69, 9.17) is 10.5 Å². The van der Waals surface area contributed by atoms with Crippen LogP contribution in [0.15, 0.2) is 12.1 Å². The zero-order chi connectivity index (χ0) is 16.5. The number of fused-ring (bicyclic) bond motifs is 2. The average Bonchev–Trinajstić information content (AvgIpc) is 3.00. The number of ether oxygens (including phenoxy) is 1. The molecule has 2 aromatic rings. The third kappa shape index (κ3) is 3.08. The Balaban J connectivity index is 1.46. The molecule has 2 heterocycles. The van der Waals surface area contributed by atoms with Gasteiger partial charge < -0.3 is 15.4 Å². The van der Waals surface area contributed by atoms with E-state index < -0.39 is 0 Å². The lowest BCUT2D eigenvalue weighted by Crippen LogP contribution is -2.39. The summed E-state index contributed by atoms with van der Waals surface area (Å²) in [4.78, 5) is 6.85. The number of hydrogen-bond donors (Lipinski definition) is 1. The largest absolute Gasteiger partial charge is 0.380 e. The maximum absolute atomic E-state index is 5.65. The molecule has 2 N–H and O–H groups in total. The quantitative estimate of drug-likeness (QED) is 0.927. The zero-order valence-electron chi connectivity index (χ0n) is 14.2. The topological polar surface area (TPSA) is 77.2 Å². The number of nitrogens with two attached hydrogens (primary N) is 1. The van der Waals surface area contributed by atoms with E-state index in [1.54, 1.807) is 0 Å². The van der Waals surface area contributed by atoms with Crippen LogP contribution in [0.25, 0.3) is 11.0 Å². The normalized spacial score (nSPS) is 24.4. The van der Waals surface area contributed by atoms with Crippen LogP contribution in [-0.2, 0) is 11.2 Å². The van der Waals surface area contributed by atoms with Crippen molar-refractivity contribution in [1.82, 2.24) is 20.1 Å². The lowest BCUT2D eigenvalue weighted by Gasteiger charge is -2.32. The first kappa shape index (κ1) is 15.7. The summed E-state index contributed by atoms with van der Waals surface area (Å²) < 4.78 is 5.53. The summed E-state index contributed by atoms with van der Waals surface area (Å²) in [5.41, 5.74) is 10.2. The van der Waals surface area contributed by atoms with Gasteiger partial charge in [0.05, 0.1) is 11.6 Å². The van der Waals surface area contributed by atoms with E-state index in [1.807, 2.05) is 7.11 Å². The van der Waals surface area contributed by atoms with Crippen LogP contribution in [0.4, 0.5) is 5.95 Å². The van der Waals surface area contributed by atoms with Gasteiger partial charge in [-0.2, -0.15) is 0 Å². The first-order valence-electron chi connectivity index (χ1n) is 8.91. The molecular weight excluding hydrogens is 302 g/mol. The molecular formula is C18H25N5O. The second-order valence-electron chi connectivity index (χ2n) is 7.03. The Morgan fingerprint density at radius 1 is 1.25 bits per heavy atom. The Morgan fingerprint density at radius 3 is 3.04 bits per heavy atom. The van der Waals surface area contributed by atoms with Gasteiger partial charge in [0.25, 0.3) is 0 Å². The molecule has 2 atom stereocenters. The van der Waals surface area contributed by atoms with E-state index in [0.717, 1.165) is 30.5 Å². The first-order chi connectivity index (χ1) is 11.7. The van der Waals surface area contributed by atoms with Crippen LogP contribution in [0.3, 0.4) is 0 Å². The fraction of sp³-hybridized carbons (Fsp3) is 0.611. The van der Waals surface area contributed by atoms with E-state index in [9.17, 15) is 0 Å². The van der Waals surface area contributed by atoms with Crippen molar-refractivity contribution in [3.05, 3.63) is 23.3 Å². The molecule has 6 nitrogen and oxygen atoms in total. The molecule has 1 aliphatic carbocycles. The van der Waals surface area contributed by atoms with E-state index in [2.05, 4.69) is 32.2 Å². The number of methoxy groups -OCH3 is 1. The zero-order valence-corrected chi connectivity index (χ0v) is 14.2. The number of nitrogen functional groups attached to an aromatic ring is 1. The molecule has 0 radical (unpaired) electrons. The highest BCUT2D eigenvalue weighted by Gasteiger charge is 2.25. The molecule has 0 bridgehead atoms. The molecule has 6 heteroatoms. The molecule has 2 aliphatic rings. The molecule has 0 amide bonds. The minimum atomic E-state index is 0.245. The van der Waals surface area contributed by atoms with Crippen LogP contribution in [0.2, 0.25) is 0 Å². The van der Waals surface area contributed by atoms with Gasteiger partial charge in [0.15, 0.2) is 0 Å². The summed E-state index contributed by atoms with van der Waals surface area (Å²) in [6.07, 6.45) is 6.39. The SMILES string of the molecule is COC1CCCN(CCC2CCc3cc4nc(N)nnc4cc32)C1. The maximum atomic E-state index is 5.65. The number of nitrogens with zero attached hydrogens (tertiary/aromatic N) is 4. The molecule has 1 aliphatic heterocycles. The van der Waals surface area contributed by atoms with Crippen molar-refractivity contribution >= 4 is 17.0 Å². The van der Waals surface area contributed by atoms with Crippen LogP contribution in [0.5, 0.6) is 0 Å². The maximum Gasteiger partial charge on any atom is 0.240 e. The summed E-state index contributed by atoms with van der Waals surface area (Å²) >= 11 is 0. The Hall–Kier alpha value is -1.79. The summed E-state index contributed by atoms with van der Waals surface area (Å²) in [5, 5.41) is 8.09. The van der Waals surface area contributed by atoms with E-state index in [-0.39, 0.29) is 5.95 Å². The van der Waals surface area contributed by atoms with Crippen molar-refractivity contribution in [1.29, 1.82) is 0 Å². The Bertz CT molecular complexity index is 735. The van der Waals surface area contributed by atoms with Gasteiger partial charge in [-0.15, -0.1) is 10.2 Å². The molecule has 1 fully saturated rings. The van der Waals surface area contributed by atoms with Crippen molar-refractivity contribution < 1.29 is 4.74 Å². The third-order valence-corrected chi connectivity index (χ3v) is 5.52. The van der Waals surface area contributed by atoms with Crippen LogP contribution < -0.4 is 5.73 Å². The van der Waals surface area contributed by atoms with Crippen molar-refractivity contribution in [2.24, 2.45) is 0 Å². The summed E-state index contributed by atoms with van der Waals surface area (Å²) in [6.45, 7) is 3.42. The lowest BCUT2D eigenvalue weighted by molar-refractivity contribution is 0.0304. The number of anilines is 1. The summed E-state index contributed by atoms with van der Waals surface area (Å²) in [6, 6.07) is 4.33. The smallest absolute Gasteiger partial charge is 0.240 e. The molecule has 1 aromatic heterocycles. The standard InChI is InChI=1S/C18H25N5O/c1-24-14-3-2-7-23(11-14)8-6-12-4-5-13-9-16-17(10-15(12)13)21-22-18(19)20-16/h9-10,12,14H,2-8,11H2,1H3,(H2,19,20,22). The monoisotopic (exact) mass is 327 g/mol. The predicted molar refractivity (Wildman–Crippen MR) is 93.9 cm³/mol. The van der Waals surface area contributed by atoms with Crippen LogP contribution >= 0.6 is 0 Å². The number of hydrogen-bond acceptors (Lipinski definition) is 6. The van der Waals surface area contributed by atoms with Gasteiger partial charge in [0.1, 0.15) is 5.52 Å². The van der Waals surface area contributed by atoms with Crippen molar-refractivity contribution in [3.8, 4) is 0 Å². The Labute approximate surface area is 142 Å². The molecule has 1 aromatic carbocycles. The van der Waals surface area contributed by atoms with E-state index >= 15 is 0 Å². The first-order valence-corrected chi connectivity index (χ1v) is 8.91. The van der Waals surface area contributed by atoms with Crippen LogP contribution in [0.1, 0.15) is 42.7 Å². The van der Waals surface area contributed by atoms with E-state index in [0.29, 0.717) is 12.0 Å². The van der Waals surface area contributed by atoms with Gasteiger partial charge in [-0.3, -0.25) is 0 Å². The van der Waals surface area contributed by atoms with Gasteiger partial charge >= 0.3 is 0 Å². The summed E-state index contributed by atoms with van der Waals surface area (Å²) in [7, 11) is 1.83. The molecule has 2 unspecified atom stereocenters. The summed E-state index contributed by atoms with van der Waals surface area (Å²) in [5.74, 6) is 0.862. The van der Waals surface area contributed by atoms with Gasteiger partial charge in [-0.25, -0.2) is 4.98 Å². The number of piperidine rings is 1. The Kier molecular flexibility index (Phi) is 4.33. The third-order valence-electron chi connectivity index (χ3n) is 5.52. The van der Waals surface area contributed by atoms with Crippen molar-refractivity contribution in [3.63, 3.8) is 0 Å². The van der Waals surface area contributed by atoms with Crippen molar-refractivity contribution in [2.75, 3.05) is 32.5 Å².